The molecule has 2 heterocycles. The van der Waals surface area contributed by atoms with Crippen LogP contribution in [0, 0.1) is 0 Å². The topological polar surface area (TPSA) is 90.4 Å². The largest absolute Gasteiger partial charge is 0.459 e. The molecule has 2 unspecified atom stereocenters. The van der Waals surface area contributed by atoms with Crippen molar-refractivity contribution in [2.45, 2.75) is 25.2 Å². The fourth-order valence-electron chi connectivity index (χ4n) is 2.54. The number of esters is 1. The van der Waals surface area contributed by atoms with Gasteiger partial charge < -0.3 is 9.47 Å². The number of nitrogens with one attached hydrogen (secondary N) is 1. The van der Waals surface area contributed by atoms with E-state index in [9.17, 15) is 14.4 Å². The number of carbonyl (C=O) groups is 1. The molecule has 0 saturated carbocycles. The molecular formula is C16H15ClN2O5. The zero-order valence-corrected chi connectivity index (χ0v) is 13.4. The third kappa shape index (κ3) is 3.58. The van der Waals surface area contributed by atoms with Gasteiger partial charge in [0.05, 0.1) is 16.7 Å². The number of nitrogens with zero attached hydrogens (tertiary/aromatic N) is 1. The molecule has 2 atom stereocenters. The van der Waals surface area contributed by atoms with Crippen molar-refractivity contribution in [3.05, 3.63) is 68.0 Å². The molecule has 24 heavy (non-hydrogen) atoms. The maximum absolute atomic E-state index is 12.0. The van der Waals surface area contributed by atoms with Crippen LogP contribution >= 0.6 is 11.6 Å². The van der Waals surface area contributed by atoms with Gasteiger partial charge in [0.15, 0.2) is 0 Å². The number of ether oxygens (including phenoxy) is 2. The molecule has 2 aromatic rings. The van der Waals surface area contributed by atoms with Gasteiger partial charge in [0.1, 0.15) is 12.8 Å². The molecular weight excluding hydrogens is 336 g/mol. The molecule has 0 aliphatic carbocycles. The average Bonchev–Trinajstić information content (AvgIpc) is 3.01. The molecule has 1 aliphatic heterocycles. The van der Waals surface area contributed by atoms with Crippen molar-refractivity contribution in [3.8, 4) is 0 Å². The summed E-state index contributed by atoms with van der Waals surface area (Å²) in [5, 5.41) is 0.326. The summed E-state index contributed by atoms with van der Waals surface area (Å²) >= 11 is 5.95. The molecule has 1 saturated heterocycles. The summed E-state index contributed by atoms with van der Waals surface area (Å²) in [7, 11) is 0. The van der Waals surface area contributed by atoms with E-state index in [2.05, 4.69) is 4.98 Å². The summed E-state index contributed by atoms with van der Waals surface area (Å²) in [6, 6.07) is 7.89. The highest BCUT2D eigenvalue weighted by atomic mass is 35.5. The Morgan fingerprint density at radius 1 is 1.29 bits per heavy atom. The lowest BCUT2D eigenvalue weighted by Crippen LogP contribution is -2.31. The van der Waals surface area contributed by atoms with E-state index in [0.29, 0.717) is 23.4 Å². The highest BCUT2D eigenvalue weighted by Gasteiger charge is 2.28. The Hall–Kier alpha value is -2.38. The van der Waals surface area contributed by atoms with E-state index in [4.69, 9.17) is 21.1 Å². The number of hydrogen-bond donors (Lipinski definition) is 1. The Bertz CT molecular complexity index is 860. The van der Waals surface area contributed by atoms with E-state index in [-0.39, 0.29) is 12.7 Å². The van der Waals surface area contributed by atoms with E-state index in [0.717, 1.165) is 0 Å². The molecule has 8 heteroatoms. The number of aromatic nitrogens is 2. The maximum Gasteiger partial charge on any atom is 0.339 e. The molecule has 7 nitrogen and oxygen atoms in total. The fourth-order valence-corrected chi connectivity index (χ4v) is 2.75. The number of benzene rings is 1. The Morgan fingerprint density at radius 2 is 2.08 bits per heavy atom. The Kier molecular flexibility index (Phi) is 4.82. The van der Waals surface area contributed by atoms with Gasteiger partial charge in [-0.2, -0.15) is 0 Å². The first-order valence-electron chi connectivity index (χ1n) is 7.43. The molecule has 0 spiro atoms. The Balaban J connectivity index is 1.59. The third-order valence-electron chi connectivity index (χ3n) is 3.74. The van der Waals surface area contributed by atoms with Crippen LogP contribution in [0.4, 0.5) is 0 Å². The minimum absolute atomic E-state index is 0.0681. The van der Waals surface area contributed by atoms with Gasteiger partial charge in [-0.25, -0.2) is 9.59 Å². The number of hydrogen-bond acceptors (Lipinski definition) is 5. The van der Waals surface area contributed by atoms with Crippen molar-refractivity contribution in [2.75, 3.05) is 6.61 Å². The first-order chi connectivity index (χ1) is 11.5. The number of aromatic amines is 1. The molecule has 0 amide bonds. The smallest absolute Gasteiger partial charge is 0.339 e. The second-order valence-corrected chi connectivity index (χ2v) is 5.79. The molecule has 0 radical (unpaired) electrons. The van der Waals surface area contributed by atoms with Crippen LogP contribution in [0.15, 0.2) is 46.1 Å². The lowest BCUT2D eigenvalue weighted by molar-refractivity contribution is -0.0340. The van der Waals surface area contributed by atoms with Gasteiger partial charge in [-0.15, -0.1) is 0 Å². The van der Waals surface area contributed by atoms with Gasteiger partial charge in [-0.05, 0) is 25.0 Å². The molecule has 1 aromatic heterocycles. The standard InChI is InChI=1S/C16H15ClN2O5/c17-12-4-2-1-3-11(12)15(21)23-9-10-5-6-14(24-10)19-8-7-13(20)18-16(19)22/h1-4,7-8,10,14H,5-6,9H2,(H,18,20,22). The van der Waals surface area contributed by atoms with Crippen molar-refractivity contribution in [1.82, 2.24) is 9.55 Å². The highest BCUT2D eigenvalue weighted by Crippen LogP contribution is 2.27. The Morgan fingerprint density at radius 3 is 2.83 bits per heavy atom. The van der Waals surface area contributed by atoms with Gasteiger partial charge in [-0.3, -0.25) is 14.3 Å². The molecule has 126 valence electrons. The predicted octanol–water partition coefficient (Wildman–Crippen LogP) is 1.72. The molecule has 1 N–H and O–H groups in total. The van der Waals surface area contributed by atoms with E-state index in [1.165, 1.54) is 16.8 Å². The third-order valence-corrected chi connectivity index (χ3v) is 4.07. The van der Waals surface area contributed by atoms with Crippen LogP contribution in [0.5, 0.6) is 0 Å². The normalized spacial score (nSPS) is 20.0. The SMILES string of the molecule is O=C(OCC1CCC(n2ccc(=O)[nH]c2=O)O1)c1ccccc1Cl. The zero-order chi connectivity index (χ0) is 17.1. The van der Waals surface area contributed by atoms with E-state index in [1.807, 2.05) is 0 Å². The van der Waals surface area contributed by atoms with Crippen LogP contribution in [0.1, 0.15) is 29.4 Å². The Labute approximate surface area is 141 Å². The zero-order valence-electron chi connectivity index (χ0n) is 12.6. The lowest BCUT2D eigenvalue weighted by atomic mass is 10.2. The maximum atomic E-state index is 12.0. The van der Waals surface area contributed by atoms with Gasteiger partial charge >= 0.3 is 11.7 Å². The number of carbonyl (C=O) groups excluding carboxylic acids is 1. The number of H-pyrrole nitrogens is 1. The summed E-state index contributed by atoms with van der Waals surface area (Å²) in [6.45, 7) is 0.0681. The second-order valence-electron chi connectivity index (χ2n) is 5.39. The minimum atomic E-state index is -0.527. The quantitative estimate of drug-likeness (QED) is 0.848. The van der Waals surface area contributed by atoms with Crippen LogP contribution in [-0.4, -0.2) is 28.2 Å². The van der Waals surface area contributed by atoms with Gasteiger partial charge in [0.25, 0.3) is 5.56 Å². The summed E-state index contributed by atoms with van der Waals surface area (Å²) in [5.74, 6) is -0.520. The lowest BCUT2D eigenvalue weighted by Gasteiger charge is -2.15. The molecule has 1 fully saturated rings. The van der Waals surface area contributed by atoms with Crippen molar-refractivity contribution < 1.29 is 14.3 Å². The summed E-state index contributed by atoms with van der Waals surface area (Å²) in [6.07, 6.45) is 1.80. The van der Waals surface area contributed by atoms with E-state index >= 15 is 0 Å². The fraction of sp³-hybridized carbons (Fsp3) is 0.312. The summed E-state index contributed by atoms with van der Waals surface area (Å²) in [5.41, 5.74) is -0.689. The molecule has 1 aliphatic rings. The van der Waals surface area contributed by atoms with Crippen LogP contribution < -0.4 is 11.2 Å². The van der Waals surface area contributed by atoms with Gasteiger partial charge in [-0.1, -0.05) is 23.7 Å². The van der Waals surface area contributed by atoms with E-state index in [1.54, 1.807) is 24.3 Å². The van der Waals surface area contributed by atoms with Gasteiger partial charge in [0, 0.05) is 12.3 Å². The molecule has 1 aromatic carbocycles. The van der Waals surface area contributed by atoms with Crippen molar-refractivity contribution in [3.63, 3.8) is 0 Å². The highest BCUT2D eigenvalue weighted by molar-refractivity contribution is 6.33. The second kappa shape index (κ2) is 7.02. The number of rotatable bonds is 4. The van der Waals surface area contributed by atoms with Gasteiger partial charge in [0.2, 0.25) is 0 Å². The minimum Gasteiger partial charge on any atom is -0.459 e. The van der Waals surface area contributed by atoms with Crippen molar-refractivity contribution >= 4 is 17.6 Å². The van der Waals surface area contributed by atoms with Crippen LogP contribution in [0.3, 0.4) is 0 Å². The summed E-state index contributed by atoms with van der Waals surface area (Å²) in [4.78, 5) is 37.0. The average molecular weight is 351 g/mol. The van der Waals surface area contributed by atoms with Crippen molar-refractivity contribution in [1.29, 1.82) is 0 Å². The van der Waals surface area contributed by atoms with E-state index < -0.39 is 23.4 Å². The predicted molar refractivity (Wildman–Crippen MR) is 86.2 cm³/mol. The molecule has 0 bridgehead atoms. The van der Waals surface area contributed by atoms with Crippen LogP contribution in [0.2, 0.25) is 5.02 Å². The summed E-state index contributed by atoms with van der Waals surface area (Å²) < 4.78 is 12.3. The monoisotopic (exact) mass is 350 g/mol. The van der Waals surface area contributed by atoms with Crippen LogP contribution in [-0.2, 0) is 9.47 Å². The first kappa shape index (κ1) is 16.5. The molecule has 3 rings (SSSR count). The van der Waals surface area contributed by atoms with Crippen molar-refractivity contribution in [2.24, 2.45) is 0 Å². The van der Waals surface area contributed by atoms with Crippen LogP contribution in [0.25, 0.3) is 0 Å². The first-order valence-corrected chi connectivity index (χ1v) is 7.81. The number of halogens is 1.